The van der Waals surface area contributed by atoms with Gasteiger partial charge in [0, 0.05) is 12.1 Å². The van der Waals surface area contributed by atoms with Gasteiger partial charge in [0.2, 0.25) is 0 Å². The number of benzene rings is 2. The molecule has 2 amide bonds. The molecule has 1 aliphatic heterocycles. The van der Waals surface area contributed by atoms with Crippen LogP contribution in [0.4, 0.5) is 5.69 Å². The molecule has 4 aliphatic carbocycles. The predicted molar refractivity (Wildman–Crippen MR) is 129 cm³/mol. The average Bonchev–Trinajstić information content (AvgIpc) is 3.67. The first-order valence-electron chi connectivity index (χ1n) is 12.2. The van der Waals surface area contributed by atoms with E-state index in [9.17, 15) is 19.7 Å². The second-order valence-electron chi connectivity index (χ2n) is 9.74. The lowest BCUT2D eigenvalue weighted by Gasteiger charge is -2.37. The molecule has 0 unspecified atom stereocenters. The molecule has 0 radical (unpaired) electrons. The van der Waals surface area contributed by atoms with E-state index in [1.165, 1.54) is 18.3 Å². The number of ether oxygens (including phenoxy) is 2. The van der Waals surface area contributed by atoms with Crippen molar-refractivity contribution in [2.45, 2.75) is 20.0 Å². The van der Waals surface area contributed by atoms with Crippen molar-refractivity contribution in [3.63, 3.8) is 0 Å². The molecule has 2 saturated carbocycles. The summed E-state index contributed by atoms with van der Waals surface area (Å²) in [6.07, 6.45) is 6.91. The summed E-state index contributed by atoms with van der Waals surface area (Å²) in [4.78, 5) is 36.6. The van der Waals surface area contributed by atoms with Crippen LogP contribution >= 0.6 is 0 Å². The number of carbonyl (C=O) groups excluding carboxylic acids is 2. The second-order valence-corrected chi connectivity index (χ2v) is 9.74. The first-order valence-corrected chi connectivity index (χ1v) is 12.2. The standard InChI is InChI=1S/C27H25N3O6/c1-2-35-23-11-16(5-10-22(23)36-14-15-3-6-17(7-4-15)30(33)34)13-28-29-26(31)24-18-8-9-19(21-12-20(18)21)25(24)27(29)32/h3-11,13,18-21,24-25H,2,12,14H2,1H3/b28-13-/t18-,19-,20-,21-,24-,25+/m0/s1. The van der Waals surface area contributed by atoms with Gasteiger partial charge < -0.3 is 9.47 Å². The van der Waals surface area contributed by atoms with Crippen molar-refractivity contribution in [2.75, 3.05) is 6.61 Å². The summed E-state index contributed by atoms with van der Waals surface area (Å²) in [6, 6.07) is 11.4. The largest absolute Gasteiger partial charge is 0.490 e. The van der Waals surface area contributed by atoms with Crippen molar-refractivity contribution >= 4 is 23.7 Å². The Labute approximate surface area is 207 Å². The molecular weight excluding hydrogens is 462 g/mol. The number of carbonyl (C=O) groups is 2. The van der Waals surface area contributed by atoms with E-state index in [-0.39, 0.29) is 47.8 Å². The SMILES string of the molecule is CCOc1cc(/C=N\N2C(=O)[C@@H]3[C@H]4C=C[C@@H]([C@@H]5C[C@@H]45)[C@@H]3C2=O)ccc1OCc1ccc([N+](=O)[O-])cc1. The van der Waals surface area contributed by atoms with Gasteiger partial charge >= 0.3 is 0 Å². The van der Waals surface area contributed by atoms with E-state index in [0.717, 1.165) is 17.0 Å². The highest BCUT2D eigenvalue weighted by Crippen LogP contribution is 2.65. The highest BCUT2D eigenvalue weighted by atomic mass is 16.6. The number of nitrogens with zero attached hydrogens (tertiary/aromatic N) is 3. The van der Waals surface area contributed by atoms with Crippen molar-refractivity contribution in [2.24, 2.45) is 40.6 Å². The molecule has 1 saturated heterocycles. The lowest BCUT2D eigenvalue weighted by atomic mass is 9.63. The summed E-state index contributed by atoms with van der Waals surface area (Å²) in [5, 5.41) is 16.2. The van der Waals surface area contributed by atoms with E-state index in [0.29, 0.717) is 35.5 Å². The van der Waals surface area contributed by atoms with Crippen LogP contribution in [0.5, 0.6) is 11.5 Å². The number of allylic oxidation sites excluding steroid dienone is 2. The monoisotopic (exact) mass is 487 g/mol. The Bertz CT molecular complexity index is 1270. The minimum absolute atomic E-state index is 0.0207. The number of amides is 2. The van der Waals surface area contributed by atoms with Gasteiger partial charge in [-0.15, -0.1) is 0 Å². The van der Waals surface area contributed by atoms with E-state index in [4.69, 9.17) is 9.47 Å². The summed E-state index contributed by atoms with van der Waals surface area (Å²) in [6.45, 7) is 2.49. The van der Waals surface area contributed by atoms with Crippen molar-refractivity contribution in [3.05, 3.63) is 75.9 Å². The van der Waals surface area contributed by atoms with Crippen molar-refractivity contribution in [1.29, 1.82) is 0 Å². The van der Waals surface area contributed by atoms with Crippen LogP contribution in [0.3, 0.4) is 0 Å². The van der Waals surface area contributed by atoms with Crippen LogP contribution in [0, 0.1) is 45.6 Å². The minimum Gasteiger partial charge on any atom is -0.490 e. The second kappa shape index (κ2) is 8.58. The molecular formula is C27H25N3O6. The van der Waals surface area contributed by atoms with Gasteiger partial charge in [-0.2, -0.15) is 10.1 Å². The van der Waals surface area contributed by atoms with Gasteiger partial charge in [0.05, 0.1) is 29.6 Å². The number of hydrogen-bond acceptors (Lipinski definition) is 7. The summed E-state index contributed by atoms with van der Waals surface area (Å²) in [5.74, 6) is 1.50. The van der Waals surface area contributed by atoms with Crippen LogP contribution in [0.1, 0.15) is 24.5 Å². The topological polar surface area (TPSA) is 111 Å². The van der Waals surface area contributed by atoms with Crippen molar-refractivity contribution in [1.82, 2.24) is 5.01 Å². The lowest BCUT2D eigenvalue weighted by molar-refractivity contribution is -0.384. The molecule has 9 nitrogen and oxygen atoms in total. The molecule has 7 rings (SSSR count). The van der Waals surface area contributed by atoms with Crippen LogP contribution in [-0.4, -0.2) is 34.6 Å². The zero-order valence-corrected chi connectivity index (χ0v) is 19.7. The fourth-order valence-electron chi connectivity index (χ4n) is 6.05. The molecule has 2 bridgehead atoms. The summed E-state index contributed by atoms with van der Waals surface area (Å²) >= 11 is 0. The fourth-order valence-corrected chi connectivity index (χ4v) is 6.05. The zero-order chi connectivity index (χ0) is 25.0. The van der Waals surface area contributed by atoms with Gasteiger partial charge in [-0.05, 0) is 78.5 Å². The highest BCUT2D eigenvalue weighted by molar-refractivity contribution is 6.06. The quantitative estimate of drug-likeness (QED) is 0.183. The van der Waals surface area contributed by atoms with Gasteiger partial charge in [0.25, 0.3) is 17.5 Å². The van der Waals surface area contributed by atoms with E-state index in [1.54, 1.807) is 30.3 Å². The number of hydrogen-bond donors (Lipinski definition) is 0. The Kier molecular flexibility index (Phi) is 5.35. The number of non-ortho nitro benzene ring substituents is 1. The molecule has 5 aliphatic rings. The Morgan fingerprint density at radius 1 is 1.00 bits per heavy atom. The lowest BCUT2D eigenvalue weighted by Crippen LogP contribution is -2.40. The maximum atomic E-state index is 13.1. The summed E-state index contributed by atoms with van der Waals surface area (Å²) in [7, 11) is 0. The van der Waals surface area contributed by atoms with Crippen LogP contribution in [0.2, 0.25) is 0 Å². The number of nitro benzene ring substituents is 1. The van der Waals surface area contributed by atoms with Crippen LogP contribution in [-0.2, 0) is 16.2 Å². The third-order valence-electron chi connectivity index (χ3n) is 7.77. The van der Waals surface area contributed by atoms with Crippen molar-refractivity contribution in [3.8, 4) is 11.5 Å². The summed E-state index contributed by atoms with van der Waals surface area (Å²) < 4.78 is 11.6. The van der Waals surface area contributed by atoms with E-state index in [1.807, 2.05) is 6.92 Å². The number of imide groups is 1. The van der Waals surface area contributed by atoms with Gasteiger partial charge in [-0.1, -0.05) is 12.2 Å². The van der Waals surface area contributed by atoms with E-state index < -0.39 is 4.92 Å². The highest BCUT2D eigenvalue weighted by Gasteiger charge is 2.67. The molecule has 1 heterocycles. The zero-order valence-electron chi connectivity index (χ0n) is 19.7. The minimum atomic E-state index is -0.446. The van der Waals surface area contributed by atoms with E-state index >= 15 is 0 Å². The molecule has 6 atom stereocenters. The van der Waals surface area contributed by atoms with E-state index in [2.05, 4.69) is 17.3 Å². The number of nitro groups is 1. The van der Waals surface area contributed by atoms with Crippen molar-refractivity contribution < 1.29 is 24.0 Å². The van der Waals surface area contributed by atoms with Gasteiger partial charge in [-0.25, -0.2) is 0 Å². The summed E-state index contributed by atoms with van der Waals surface area (Å²) in [5.41, 5.74) is 1.47. The van der Waals surface area contributed by atoms with Crippen LogP contribution in [0.25, 0.3) is 0 Å². The third kappa shape index (κ3) is 3.66. The maximum Gasteiger partial charge on any atom is 0.269 e. The fraction of sp³-hybridized carbons (Fsp3) is 0.370. The number of hydrazone groups is 1. The smallest absolute Gasteiger partial charge is 0.269 e. The van der Waals surface area contributed by atoms with Crippen LogP contribution < -0.4 is 9.47 Å². The van der Waals surface area contributed by atoms with Crippen LogP contribution in [0.15, 0.2) is 59.7 Å². The normalized spacial score (nSPS) is 29.4. The Morgan fingerprint density at radius 3 is 2.28 bits per heavy atom. The first kappa shape index (κ1) is 22.5. The molecule has 36 heavy (non-hydrogen) atoms. The molecule has 2 aromatic carbocycles. The molecule has 184 valence electrons. The average molecular weight is 488 g/mol. The first-order chi connectivity index (χ1) is 17.5. The maximum absolute atomic E-state index is 13.1. The molecule has 9 heteroatoms. The third-order valence-corrected chi connectivity index (χ3v) is 7.77. The molecule has 0 aromatic heterocycles. The Balaban J connectivity index is 1.16. The van der Waals surface area contributed by atoms with Gasteiger partial charge in [-0.3, -0.25) is 19.7 Å². The molecule has 3 fully saturated rings. The number of rotatable bonds is 8. The predicted octanol–water partition coefficient (Wildman–Crippen LogP) is 3.96. The molecule has 2 aromatic rings. The van der Waals surface area contributed by atoms with Gasteiger partial charge in [0.15, 0.2) is 11.5 Å². The Morgan fingerprint density at radius 2 is 1.67 bits per heavy atom. The molecule has 0 N–H and O–H groups in total. The Hall–Kier alpha value is -4.01. The van der Waals surface area contributed by atoms with Gasteiger partial charge in [0.1, 0.15) is 6.61 Å². The molecule has 0 spiro atoms.